The molecule has 136 valence electrons. The third-order valence-corrected chi connectivity index (χ3v) is 6.06. The van der Waals surface area contributed by atoms with Crippen LogP contribution in [0.1, 0.15) is 32.6 Å². The highest BCUT2D eigenvalue weighted by atomic mass is 32.1. The number of hydrogen-bond donors (Lipinski definition) is 1. The summed E-state index contributed by atoms with van der Waals surface area (Å²) >= 11 is 2.88. The second-order valence-electron chi connectivity index (χ2n) is 5.87. The SMILES string of the molecule is O=C(c1cccs1)N1N=C(c2ccc(O)c([N+](=O)[O-])c2)C[C@H]1c1cccs1. The highest BCUT2D eigenvalue weighted by molar-refractivity contribution is 7.12. The first-order chi connectivity index (χ1) is 13.0. The van der Waals surface area contributed by atoms with Gasteiger partial charge in [-0.15, -0.1) is 22.7 Å². The van der Waals surface area contributed by atoms with E-state index < -0.39 is 10.7 Å². The van der Waals surface area contributed by atoms with Crippen molar-refractivity contribution in [1.82, 2.24) is 5.01 Å². The molecule has 9 heteroatoms. The first-order valence-corrected chi connectivity index (χ1v) is 9.76. The minimum atomic E-state index is -0.639. The normalized spacial score (nSPS) is 16.4. The van der Waals surface area contributed by atoms with Gasteiger partial charge in [0.1, 0.15) is 0 Å². The predicted molar refractivity (Wildman–Crippen MR) is 103 cm³/mol. The van der Waals surface area contributed by atoms with Crippen LogP contribution >= 0.6 is 22.7 Å². The first kappa shape index (κ1) is 17.4. The predicted octanol–water partition coefficient (Wildman–Crippen LogP) is 4.41. The van der Waals surface area contributed by atoms with Gasteiger partial charge in [-0.3, -0.25) is 14.9 Å². The molecular weight excluding hydrogens is 386 g/mol. The molecule has 0 unspecified atom stereocenters. The van der Waals surface area contributed by atoms with Crippen molar-refractivity contribution < 1.29 is 14.8 Å². The van der Waals surface area contributed by atoms with Crippen molar-refractivity contribution in [2.75, 3.05) is 0 Å². The fourth-order valence-corrected chi connectivity index (χ4v) is 4.40. The zero-order chi connectivity index (χ0) is 19.0. The molecule has 1 aliphatic heterocycles. The van der Waals surface area contributed by atoms with Gasteiger partial charge in [-0.2, -0.15) is 5.10 Å². The maximum atomic E-state index is 12.9. The van der Waals surface area contributed by atoms with Crippen molar-refractivity contribution in [3.63, 3.8) is 0 Å². The van der Waals surface area contributed by atoms with Crippen molar-refractivity contribution in [2.24, 2.45) is 5.10 Å². The summed E-state index contributed by atoms with van der Waals surface area (Å²) in [6.07, 6.45) is 0.444. The van der Waals surface area contributed by atoms with Crippen LogP contribution in [0.2, 0.25) is 0 Å². The molecule has 1 aromatic carbocycles. The molecule has 1 amide bonds. The van der Waals surface area contributed by atoms with Crippen LogP contribution in [0.5, 0.6) is 5.75 Å². The average molecular weight is 399 g/mol. The van der Waals surface area contributed by atoms with Crippen LogP contribution in [0.15, 0.2) is 58.3 Å². The van der Waals surface area contributed by atoms with Crippen LogP contribution in [-0.2, 0) is 0 Å². The molecule has 0 spiro atoms. The van der Waals surface area contributed by atoms with E-state index in [4.69, 9.17) is 0 Å². The number of benzene rings is 1. The van der Waals surface area contributed by atoms with Crippen LogP contribution in [-0.4, -0.2) is 26.7 Å². The molecule has 3 aromatic rings. The number of aromatic hydroxyl groups is 1. The number of thiophene rings is 2. The lowest BCUT2D eigenvalue weighted by Gasteiger charge is -2.19. The summed E-state index contributed by atoms with van der Waals surface area (Å²) in [6, 6.07) is 11.3. The summed E-state index contributed by atoms with van der Waals surface area (Å²) in [7, 11) is 0. The number of phenols is 1. The van der Waals surface area contributed by atoms with E-state index in [1.165, 1.54) is 39.8 Å². The Morgan fingerprint density at radius 1 is 1.22 bits per heavy atom. The first-order valence-electron chi connectivity index (χ1n) is 8.00. The number of hydrogen-bond acceptors (Lipinski definition) is 7. The van der Waals surface area contributed by atoms with Gasteiger partial charge >= 0.3 is 5.69 Å². The minimum Gasteiger partial charge on any atom is -0.502 e. The summed E-state index contributed by atoms with van der Waals surface area (Å²) in [4.78, 5) is 25.0. The van der Waals surface area contributed by atoms with E-state index in [0.29, 0.717) is 22.6 Å². The molecule has 0 fully saturated rings. The summed E-state index contributed by atoms with van der Waals surface area (Å²) in [5.74, 6) is -0.602. The number of carbonyl (C=O) groups is 1. The zero-order valence-electron chi connectivity index (χ0n) is 13.8. The van der Waals surface area contributed by atoms with Crippen molar-refractivity contribution in [2.45, 2.75) is 12.5 Å². The fourth-order valence-electron chi connectivity index (χ4n) is 2.94. The van der Waals surface area contributed by atoms with Gasteiger partial charge in [-0.1, -0.05) is 12.1 Å². The van der Waals surface area contributed by atoms with Crippen LogP contribution in [0, 0.1) is 10.1 Å². The van der Waals surface area contributed by atoms with E-state index in [-0.39, 0.29) is 17.6 Å². The highest BCUT2D eigenvalue weighted by Crippen LogP contribution is 2.37. The van der Waals surface area contributed by atoms with E-state index >= 15 is 0 Å². The molecule has 0 bridgehead atoms. The molecule has 4 rings (SSSR count). The molecule has 2 aromatic heterocycles. The molecule has 1 aliphatic rings. The van der Waals surface area contributed by atoms with Crippen LogP contribution in [0.3, 0.4) is 0 Å². The molecular formula is C18H13N3O4S2. The Labute approximate surface area is 162 Å². The lowest BCUT2D eigenvalue weighted by atomic mass is 10.0. The number of hydrazone groups is 1. The number of nitro groups is 1. The smallest absolute Gasteiger partial charge is 0.311 e. The van der Waals surface area contributed by atoms with E-state index in [2.05, 4.69) is 5.10 Å². The van der Waals surface area contributed by atoms with Crippen LogP contribution < -0.4 is 0 Å². The average Bonchev–Trinajstić information content (AvgIpc) is 3.41. The minimum absolute atomic E-state index is 0.202. The third-order valence-electron chi connectivity index (χ3n) is 4.23. The van der Waals surface area contributed by atoms with Crippen molar-refractivity contribution in [3.8, 4) is 5.75 Å². The van der Waals surface area contributed by atoms with E-state index in [9.17, 15) is 20.0 Å². The summed E-state index contributed by atoms with van der Waals surface area (Å²) in [6.45, 7) is 0. The molecule has 27 heavy (non-hydrogen) atoms. The van der Waals surface area contributed by atoms with Crippen molar-refractivity contribution in [3.05, 3.63) is 78.7 Å². The second kappa shape index (κ2) is 6.93. The maximum Gasteiger partial charge on any atom is 0.311 e. The summed E-state index contributed by atoms with van der Waals surface area (Å²) in [5.41, 5.74) is 0.704. The lowest BCUT2D eigenvalue weighted by molar-refractivity contribution is -0.385. The van der Waals surface area contributed by atoms with Gasteiger partial charge in [0.25, 0.3) is 5.91 Å². The van der Waals surface area contributed by atoms with Gasteiger partial charge in [0.15, 0.2) is 5.75 Å². The second-order valence-corrected chi connectivity index (χ2v) is 7.80. The summed E-state index contributed by atoms with van der Waals surface area (Å²) < 4.78 is 0. The number of amides is 1. The molecule has 0 saturated heterocycles. The Kier molecular flexibility index (Phi) is 4.46. The maximum absolute atomic E-state index is 12.9. The van der Waals surface area contributed by atoms with Gasteiger partial charge in [0, 0.05) is 22.9 Å². The van der Waals surface area contributed by atoms with Crippen molar-refractivity contribution in [1.29, 1.82) is 0 Å². The number of rotatable bonds is 4. The zero-order valence-corrected chi connectivity index (χ0v) is 15.4. The molecule has 0 saturated carbocycles. The molecule has 3 heterocycles. The summed E-state index contributed by atoms with van der Waals surface area (Å²) in [5, 5.41) is 30.5. The van der Waals surface area contributed by atoms with Crippen LogP contribution in [0.4, 0.5) is 5.69 Å². The van der Waals surface area contributed by atoms with Gasteiger partial charge < -0.3 is 5.11 Å². The number of phenolic OH excluding ortho intramolecular Hbond substituents is 1. The molecule has 1 N–H and O–H groups in total. The molecule has 0 aliphatic carbocycles. The molecule has 1 atom stereocenters. The molecule has 0 radical (unpaired) electrons. The quantitative estimate of drug-likeness (QED) is 0.519. The Morgan fingerprint density at radius 2 is 2.00 bits per heavy atom. The van der Waals surface area contributed by atoms with E-state index in [1.807, 2.05) is 29.0 Å². The number of nitro benzene ring substituents is 1. The van der Waals surface area contributed by atoms with Crippen molar-refractivity contribution >= 4 is 40.0 Å². The third kappa shape index (κ3) is 3.22. The highest BCUT2D eigenvalue weighted by Gasteiger charge is 2.35. The van der Waals surface area contributed by atoms with E-state index in [0.717, 1.165) is 4.88 Å². The van der Waals surface area contributed by atoms with Crippen LogP contribution in [0.25, 0.3) is 0 Å². The topological polar surface area (TPSA) is 96.0 Å². The Balaban J connectivity index is 1.74. The van der Waals surface area contributed by atoms with Gasteiger partial charge in [-0.25, -0.2) is 5.01 Å². The van der Waals surface area contributed by atoms with Gasteiger partial charge in [-0.05, 0) is 35.0 Å². The van der Waals surface area contributed by atoms with Gasteiger partial charge in [0.05, 0.1) is 21.6 Å². The number of nitrogens with zero attached hydrogens (tertiary/aromatic N) is 3. The lowest BCUT2D eigenvalue weighted by Crippen LogP contribution is -2.25. The standard InChI is InChI=1S/C18H13N3O4S2/c22-15-6-5-11(9-13(15)21(24)25)12-10-14(16-3-1-7-26-16)20(19-12)18(23)17-4-2-8-27-17/h1-9,14,22H,10H2/t14-/m0/s1. The number of carbonyl (C=O) groups excluding carboxylic acids is 1. The Morgan fingerprint density at radius 3 is 2.67 bits per heavy atom. The molecule has 7 nitrogen and oxygen atoms in total. The van der Waals surface area contributed by atoms with E-state index in [1.54, 1.807) is 12.1 Å². The Bertz CT molecular complexity index is 1030. The monoisotopic (exact) mass is 399 g/mol. The fraction of sp³-hybridized carbons (Fsp3) is 0.111. The Hall–Kier alpha value is -3.04. The largest absolute Gasteiger partial charge is 0.502 e. The van der Waals surface area contributed by atoms with Gasteiger partial charge in [0.2, 0.25) is 0 Å².